The third-order valence-electron chi connectivity index (χ3n) is 4.11. The zero-order valence-electron chi connectivity index (χ0n) is 12.1. The number of aryl methyl sites for hydroxylation is 1. The molecule has 1 unspecified atom stereocenters. The molecule has 1 atom stereocenters. The van der Waals surface area contributed by atoms with E-state index in [9.17, 15) is 0 Å². The lowest BCUT2D eigenvalue weighted by molar-refractivity contribution is 0.415. The summed E-state index contributed by atoms with van der Waals surface area (Å²) in [5.41, 5.74) is 2.16. The Kier molecular flexibility index (Phi) is 2.63. The molecule has 21 heavy (non-hydrogen) atoms. The lowest BCUT2D eigenvalue weighted by atomic mass is 10.1. The third-order valence-corrected chi connectivity index (χ3v) is 4.11. The van der Waals surface area contributed by atoms with Crippen LogP contribution in [-0.2, 0) is 7.05 Å². The van der Waals surface area contributed by atoms with Crippen molar-refractivity contribution < 1.29 is 4.74 Å². The van der Waals surface area contributed by atoms with Gasteiger partial charge in [-0.1, -0.05) is 0 Å². The molecule has 6 heteroatoms. The second-order valence-corrected chi connectivity index (χ2v) is 5.29. The summed E-state index contributed by atoms with van der Waals surface area (Å²) in [4.78, 5) is 0. The van der Waals surface area contributed by atoms with E-state index in [1.54, 1.807) is 7.11 Å². The zero-order valence-corrected chi connectivity index (χ0v) is 12.1. The molecule has 1 aliphatic rings. The van der Waals surface area contributed by atoms with Gasteiger partial charge in [-0.2, -0.15) is 10.2 Å². The van der Waals surface area contributed by atoms with Crippen LogP contribution in [0.25, 0.3) is 10.9 Å². The molecule has 3 aromatic rings. The largest absolute Gasteiger partial charge is 0.497 e. The molecule has 108 valence electrons. The van der Waals surface area contributed by atoms with Crippen molar-refractivity contribution in [2.24, 2.45) is 7.05 Å². The maximum Gasteiger partial charge on any atom is 0.133 e. The van der Waals surface area contributed by atoms with Crippen molar-refractivity contribution in [2.45, 2.75) is 12.5 Å². The first kappa shape index (κ1) is 12.3. The van der Waals surface area contributed by atoms with E-state index in [0.717, 1.165) is 35.4 Å². The van der Waals surface area contributed by atoms with Gasteiger partial charge in [0.1, 0.15) is 11.6 Å². The van der Waals surface area contributed by atoms with Gasteiger partial charge >= 0.3 is 0 Å². The van der Waals surface area contributed by atoms with Crippen molar-refractivity contribution in [1.29, 1.82) is 0 Å². The Hall–Kier alpha value is -2.50. The van der Waals surface area contributed by atoms with Crippen LogP contribution in [0.2, 0.25) is 0 Å². The van der Waals surface area contributed by atoms with Gasteiger partial charge in [0, 0.05) is 25.2 Å². The lowest BCUT2D eigenvalue weighted by Gasteiger charge is -2.25. The van der Waals surface area contributed by atoms with Gasteiger partial charge in [0.2, 0.25) is 0 Å². The summed E-state index contributed by atoms with van der Waals surface area (Å²) in [5, 5.41) is 13.6. The molecular formula is C15H17N5O. The number of ether oxygens (including phenoxy) is 1. The van der Waals surface area contributed by atoms with E-state index in [4.69, 9.17) is 9.84 Å². The van der Waals surface area contributed by atoms with Crippen LogP contribution in [-0.4, -0.2) is 33.2 Å². The zero-order chi connectivity index (χ0) is 14.4. The third kappa shape index (κ3) is 1.79. The van der Waals surface area contributed by atoms with Gasteiger partial charge in [-0.3, -0.25) is 4.68 Å². The Morgan fingerprint density at radius 1 is 1.33 bits per heavy atom. The van der Waals surface area contributed by atoms with Crippen molar-refractivity contribution in [3.05, 3.63) is 36.2 Å². The lowest BCUT2D eigenvalue weighted by Crippen LogP contribution is -2.25. The molecule has 0 radical (unpaired) electrons. The van der Waals surface area contributed by atoms with Crippen LogP contribution >= 0.6 is 0 Å². The predicted molar refractivity (Wildman–Crippen MR) is 80.7 cm³/mol. The van der Waals surface area contributed by atoms with Crippen LogP contribution in [0.4, 0.5) is 5.82 Å². The quantitative estimate of drug-likeness (QED) is 0.783. The molecule has 0 spiro atoms. The summed E-state index contributed by atoms with van der Waals surface area (Å²) in [7, 11) is 3.66. The molecule has 0 amide bonds. The van der Waals surface area contributed by atoms with E-state index in [2.05, 4.69) is 21.2 Å². The number of fused-ring (bicyclic) bond motifs is 3. The number of aromatic nitrogens is 4. The molecule has 1 N–H and O–H groups in total. The molecule has 0 saturated heterocycles. The molecule has 2 aromatic heterocycles. The Morgan fingerprint density at radius 2 is 2.24 bits per heavy atom. The van der Waals surface area contributed by atoms with Crippen LogP contribution < -0.4 is 10.1 Å². The molecular weight excluding hydrogens is 266 g/mol. The number of nitrogens with one attached hydrogen (secondary N) is 1. The summed E-state index contributed by atoms with van der Waals surface area (Å²) in [6, 6.07) is 8.26. The fourth-order valence-electron chi connectivity index (χ4n) is 3.04. The number of methoxy groups -OCH3 is 1. The Bertz CT molecular complexity index is 804. The predicted octanol–water partition coefficient (Wildman–Crippen LogP) is 2.18. The molecule has 6 nitrogen and oxygen atoms in total. The highest BCUT2D eigenvalue weighted by molar-refractivity contribution is 5.91. The van der Waals surface area contributed by atoms with Gasteiger partial charge in [0.15, 0.2) is 0 Å². The number of rotatable bonds is 2. The minimum Gasteiger partial charge on any atom is -0.497 e. The minimum absolute atomic E-state index is 0.215. The Morgan fingerprint density at radius 3 is 3.00 bits per heavy atom. The van der Waals surface area contributed by atoms with Crippen LogP contribution in [0, 0.1) is 0 Å². The van der Waals surface area contributed by atoms with Crippen LogP contribution in [0.3, 0.4) is 0 Å². The maximum atomic E-state index is 5.32. The molecule has 4 rings (SSSR count). The second kappa shape index (κ2) is 4.51. The first-order valence-electron chi connectivity index (χ1n) is 7.06. The van der Waals surface area contributed by atoms with Crippen LogP contribution in [0.5, 0.6) is 5.75 Å². The molecule has 1 aromatic carbocycles. The summed E-state index contributed by atoms with van der Waals surface area (Å²) >= 11 is 0. The van der Waals surface area contributed by atoms with Gasteiger partial charge in [-0.05, 0) is 30.7 Å². The van der Waals surface area contributed by atoms with E-state index in [-0.39, 0.29) is 6.04 Å². The van der Waals surface area contributed by atoms with Crippen molar-refractivity contribution >= 4 is 16.7 Å². The summed E-state index contributed by atoms with van der Waals surface area (Å²) in [5.74, 6) is 1.91. The van der Waals surface area contributed by atoms with Crippen molar-refractivity contribution in [1.82, 2.24) is 19.6 Å². The highest BCUT2D eigenvalue weighted by atomic mass is 16.5. The highest BCUT2D eigenvalue weighted by Crippen LogP contribution is 2.35. The average Bonchev–Trinajstić information content (AvgIpc) is 3.09. The van der Waals surface area contributed by atoms with Crippen molar-refractivity contribution in [3.8, 4) is 5.75 Å². The molecule has 0 fully saturated rings. The monoisotopic (exact) mass is 283 g/mol. The van der Waals surface area contributed by atoms with E-state index >= 15 is 0 Å². The normalized spacial score (nSPS) is 17.5. The fraction of sp³-hybridized carbons (Fsp3) is 0.333. The Labute approximate surface area is 122 Å². The summed E-state index contributed by atoms with van der Waals surface area (Å²) in [6.07, 6.45) is 2.83. The van der Waals surface area contributed by atoms with E-state index in [1.165, 1.54) is 5.69 Å². The summed E-state index contributed by atoms with van der Waals surface area (Å²) in [6.45, 7) is 0.924. The second-order valence-electron chi connectivity index (χ2n) is 5.29. The van der Waals surface area contributed by atoms with E-state index < -0.39 is 0 Å². The van der Waals surface area contributed by atoms with Gasteiger partial charge in [-0.15, -0.1) is 0 Å². The minimum atomic E-state index is 0.215. The fourth-order valence-corrected chi connectivity index (χ4v) is 3.04. The number of hydrogen-bond acceptors (Lipinski definition) is 4. The molecule has 0 saturated carbocycles. The highest BCUT2D eigenvalue weighted by Gasteiger charge is 2.26. The van der Waals surface area contributed by atoms with Gasteiger partial charge < -0.3 is 10.1 Å². The first-order valence-corrected chi connectivity index (χ1v) is 7.06. The molecule has 1 aliphatic heterocycles. The Balaban J connectivity index is 1.90. The molecule has 0 bridgehead atoms. The molecule has 0 aliphatic carbocycles. The number of hydrogen-bond donors (Lipinski definition) is 1. The van der Waals surface area contributed by atoms with E-state index in [1.807, 2.05) is 36.1 Å². The standard InChI is InChI=1S/C15H17N5O/c1-19-13(6-8-17-19)14-5-7-16-15-11-9-10(21-2)3-4-12(11)18-20(14)15/h3-4,6,8-9,14,16H,5,7H2,1-2H3. The average molecular weight is 283 g/mol. The maximum absolute atomic E-state index is 5.32. The molecule has 3 heterocycles. The number of benzene rings is 1. The van der Waals surface area contributed by atoms with Crippen molar-refractivity contribution in [2.75, 3.05) is 19.0 Å². The van der Waals surface area contributed by atoms with E-state index in [0.29, 0.717) is 0 Å². The topological polar surface area (TPSA) is 56.9 Å². The van der Waals surface area contributed by atoms with Crippen LogP contribution in [0.1, 0.15) is 18.2 Å². The summed E-state index contributed by atoms with van der Waals surface area (Å²) < 4.78 is 9.32. The van der Waals surface area contributed by atoms with Gasteiger partial charge in [-0.25, -0.2) is 4.68 Å². The smallest absolute Gasteiger partial charge is 0.133 e. The SMILES string of the molecule is COc1ccc2nn3c(c2c1)NCCC3c1ccnn1C. The number of anilines is 1. The van der Waals surface area contributed by atoms with Crippen LogP contribution in [0.15, 0.2) is 30.5 Å². The number of nitrogens with zero attached hydrogens (tertiary/aromatic N) is 4. The van der Waals surface area contributed by atoms with Gasteiger partial charge in [0.25, 0.3) is 0 Å². The van der Waals surface area contributed by atoms with Crippen molar-refractivity contribution in [3.63, 3.8) is 0 Å². The first-order chi connectivity index (χ1) is 10.3. The van der Waals surface area contributed by atoms with Gasteiger partial charge in [0.05, 0.1) is 24.4 Å².